The van der Waals surface area contributed by atoms with Crippen LogP contribution in [0.5, 0.6) is 5.75 Å². The zero-order valence-corrected chi connectivity index (χ0v) is 10.00. The van der Waals surface area contributed by atoms with Gasteiger partial charge < -0.3 is 4.74 Å². The fourth-order valence-electron chi connectivity index (χ4n) is 1.76. The maximum Gasteiger partial charge on any atom is 0.339 e. The van der Waals surface area contributed by atoms with E-state index in [-0.39, 0.29) is 17.2 Å². The molecule has 0 saturated heterocycles. The van der Waals surface area contributed by atoms with E-state index in [4.69, 9.17) is 4.74 Å². The fourth-order valence-corrected chi connectivity index (χ4v) is 1.76. The van der Waals surface area contributed by atoms with Gasteiger partial charge in [-0.05, 0) is 31.1 Å². The van der Waals surface area contributed by atoms with Crippen molar-refractivity contribution >= 4 is 17.4 Å². The molecule has 0 spiro atoms. The molecule has 98 valence electrons. The Morgan fingerprint density at radius 3 is 2.47 bits per heavy atom. The first-order valence-corrected chi connectivity index (χ1v) is 5.76. The van der Waals surface area contributed by atoms with Gasteiger partial charge in [-0.25, -0.2) is 4.79 Å². The summed E-state index contributed by atoms with van der Waals surface area (Å²) < 4.78 is 5.05. The predicted octanol–water partition coefficient (Wildman–Crippen LogP) is 2.18. The van der Waals surface area contributed by atoms with Gasteiger partial charge in [0.2, 0.25) is 0 Å². The average molecular weight is 261 g/mol. The molecular formula is C13H11NO5. The number of non-ortho nitro benzene ring substituents is 1. The summed E-state index contributed by atoms with van der Waals surface area (Å²) in [4.78, 5) is 32.9. The van der Waals surface area contributed by atoms with Crippen molar-refractivity contribution in [1.82, 2.24) is 0 Å². The van der Waals surface area contributed by atoms with Crippen LogP contribution in [0.2, 0.25) is 0 Å². The zero-order chi connectivity index (χ0) is 13.8. The Balaban J connectivity index is 2.06. The van der Waals surface area contributed by atoms with E-state index in [0.29, 0.717) is 24.8 Å². The molecule has 1 aliphatic carbocycles. The highest BCUT2D eigenvalue weighted by Gasteiger charge is 2.18. The third-order valence-electron chi connectivity index (χ3n) is 2.72. The van der Waals surface area contributed by atoms with Crippen LogP contribution in [0.25, 0.3) is 0 Å². The third kappa shape index (κ3) is 3.25. The Bertz CT molecular complexity index is 559. The number of carbonyl (C=O) groups is 2. The maximum absolute atomic E-state index is 11.8. The largest absolute Gasteiger partial charge is 0.423 e. The van der Waals surface area contributed by atoms with E-state index in [1.165, 1.54) is 30.3 Å². The molecule has 0 unspecified atom stereocenters. The SMILES string of the molecule is O=C1C=C(C(=O)Oc2ccc([N+](=O)[O-])cc2)CCC1. The molecule has 0 radical (unpaired) electrons. The lowest BCUT2D eigenvalue weighted by Gasteiger charge is -2.11. The van der Waals surface area contributed by atoms with Gasteiger partial charge in [-0.3, -0.25) is 14.9 Å². The molecule has 0 saturated carbocycles. The van der Waals surface area contributed by atoms with Gasteiger partial charge in [-0.15, -0.1) is 0 Å². The van der Waals surface area contributed by atoms with E-state index < -0.39 is 10.9 Å². The van der Waals surface area contributed by atoms with E-state index in [1.54, 1.807) is 0 Å². The lowest BCUT2D eigenvalue weighted by atomic mass is 9.99. The molecule has 6 nitrogen and oxygen atoms in total. The summed E-state index contributed by atoms with van der Waals surface area (Å²) in [5, 5.41) is 10.5. The number of hydrogen-bond donors (Lipinski definition) is 0. The molecule has 19 heavy (non-hydrogen) atoms. The Morgan fingerprint density at radius 2 is 1.89 bits per heavy atom. The Hall–Kier alpha value is -2.50. The molecule has 0 aromatic heterocycles. The summed E-state index contributed by atoms with van der Waals surface area (Å²) in [5.74, 6) is -0.446. The number of carbonyl (C=O) groups excluding carboxylic acids is 2. The third-order valence-corrected chi connectivity index (χ3v) is 2.72. The number of rotatable bonds is 3. The molecule has 0 atom stereocenters. The molecule has 0 N–H and O–H groups in total. The van der Waals surface area contributed by atoms with Crippen molar-refractivity contribution in [2.24, 2.45) is 0 Å². The molecule has 0 heterocycles. The maximum atomic E-state index is 11.8. The molecule has 0 fully saturated rings. The van der Waals surface area contributed by atoms with E-state index in [9.17, 15) is 19.7 Å². The van der Waals surface area contributed by atoms with Crippen LogP contribution in [-0.4, -0.2) is 16.7 Å². The van der Waals surface area contributed by atoms with Crippen LogP contribution in [0.15, 0.2) is 35.9 Å². The highest BCUT2D eigenvalue weighted by Crippen LogP contribution is 2.21. The van der Waals surface area contributed by atoms with E-state index in [2.05, 4.69) is 0 Å². The van der Waals surface area contributed by atoms with Crippen LogP contribution in [0.1, 0.15) is 19.3 Å². The lowest BCUT2D eigenvalue weighted by molar-refractivity contribution is -0.384. The minimum absolute atomic E-state index is 0.0770. The van der Waals surface area contributed by atoms with E-state index in [1.807, 2.05) is 0 Å². The fraction of sp³-hybridized carbons (Fsp3) is 0.231. The van der Waals surface area contributed by atoms with E-state index >= 15 is 0 Å². The first kappa shape index (κ1) is 12.9. The average Bonchev–Trinajstić information content (AvgIpc) is 2.39. The topological polar surface area (TPSA) is 86.5 Å². The van der Waals surface area contributed by atoms with Crippen molar-refractivity contribution in [2.45, 2.75) is 19.3 Å². The molecule has 1 aromatic rings. The van der Waals surface area contributed by atoms with Gasteiger partial charge >= 0.3 is 5.97 Å². The molecular weight excluding hydrogens is 250 g/mol. The summed E-state index contributed by atoms with van der Waals surface area (Å²) in [6, 6.07) is 5.20. The first-order chi connectivity index (χ1) is 9.06. The highest BCUT2D eigenvalue weighted by molar-refractivity contribution is 6.01. The van der Waals surface area contributed by atoms with Crippen LogP contribution in [0.4, 0.5) is 5.69 Å². The van der Waals surface area contributed by atoms with E-state index in [0.717, 1.165) is 0 Å². The number of ether oxygens (including phenoxy) is 1. The second-order valence-corrected chi connectivity index (χ2v) is 4.13. The molecule has 1 aromatic carbocycles. The number of benzene rings is 1. The van der Waals surface area contributed by atoms with Crippen LogP contribution < -0.4 is 4.74 Å². The van der Waals surface area contributed by atoms with Crippen molar-refractivity contribution in [3.05, 3.63) is 46.0 Å². The second-order valence-electron chi connectivity index (χ2n) is 4.13. The minimum Gasteiger partial charge on any atom is -0.423 e. The highest BCUT2D eigenvalue weighted by atomic mass is 16.6. The van der Waals surface area contributed by atoms with Crippen molar-refractivity contribution < 1.29 is 19.2 Å². The van der Waals surface area contributed by atoms with Crippen molar-refractivity contribution in [3.8, 4) is 5.75 Å². The van der Waals surface area contributed by atoms with Crippen LogP contribution in [0, 0.1) is 10.1 Å². The molecule has 0 bridgehead atoms. The summed E-state index contributed by atoms with van der Waals surface area (Å²) in [5.41, 5.74) is 0.265. The van der Waals surface area contributed by atoms with Gasteiger partial charge in [0.15, 0.2) is 5.78 Å². The quantitative estimate of drug-likeness (QED) is 0.360. The second kappa shape index (κ2) is 5.43. The molecule has 0 amide bonds. The zero-order valence-electron chi connectivity index (χ0n) is 10.00. The predicted molar refractivity (Wildman–Crippen MR) is 65.7 cm³/mol. The van der Waals surface area contributed by atoms with Gasteiger partial charge in [-0.1, -0.05) is 0 Å². The molecule has 6 heteroatoms. The number of nitro benzene ring substituents is 1. The normalized spacial score (nSPS) is 14.7. The number of nitrogens with zero attached hydrogens (tertiary/aromatic N) is 1. The van der Waals surface area contributed by atoms with Gasteiger partial charge in [0.1, 0.15) is 5.75 Å². The van der Waals surface area contributed by atoms with Crippen molar-refractivity contribution in [3.63, 3.8) is 0 Å². The molecule has 2 rings (SSSR count). The van der Waals surface area contributed by atoms with Crippen molar-refractivity contribution in [1.29, 1.82) is 0 Å². The van der Waals surface area contributed by atoms with Gasteiger partial charge in [0, 0.05) is 24.1 Å². The van der Waals surface area contributed by atoms with Crippen molar-refractivity contribution in [2.75, 3.05) is 0 Å². The smallest absolute Gasteiger partial charge is 0.339 e. The van der Waals surface area contributed by atoms with Gasteiger partial charge in [0.25, 0.3) is 5.69 Å². The Labute approximate surface area is 108 Å². The Kier molecular flexibility index (Phi) is 3.70. The lowest BCUT2D eigenvalue weighted by Crippen LogP contribution is -2.15. The van der Waals surface area contributed by atoms with Crippen LogP contribution in [0.3, 0.4) is 0 Å². The minimum atomic E-state index is -0.582. The number of esters is 1. The summed E-state index contributed by atoms with van der Waals surface area (Å²) in [6.07, 6.45) is 2.91. The van der Waals surface area contributed by atoms with Crippen LogP contribution >= 0.6 is 0 Å². The first-order valence-electron chi connectivity index (χ1n) is 5.76. The number of hydrogen-bond acceptors (Lipinski definition) is 5. The molecule has 0 aliphatic heterocycles. The summed E-state index contributed by atoms with van der Waals surface area (Å²) in [7, 11) is 0. The van der Waals surface area contributed by atoms with Crippen LogP contribution in [-0.2, 0) is 9.59 Å². The number of ketones is 1. The summed E-state index contributed by atoms with van der Waals surface area (Å²) >= 11 is 0. The number of allylic oxidation sites excluding steroid dienone is 1. The molecule has 1 aliphatic rings. The van der Waals surface area contributed by atoms with Gasteiger partial charge in [0.05, 0.1) is 4.92 Å². The number of nitro groups is 1. The Morgan fingerprint density at radius 1 is 1.21 bits per heavy atom. The standard InChI is InChI=1S/C13H11NO5/c15-11-3-1-2-9(8-11)13(16)19-12-6-4-10(5-7-12)14(17)18/h4-8H,1-3H2. The van der Waals surface area contributed by atoms with Gasteiger partial charge in [-0.2, -0.15) is 0 Å². The summed E-state index contributed by atoms with van der Waals surface area (Å²) in [6.45, 7) is 0. The monoisotopic (exact) mass is 261 g/mol.